The maximum atomic E-state index is 11.9. The third kappa shape index (κ3) is 3.75. The Hall–Kier alpha value is -1.08. The molecule has 0 aliphatic heterocycles. The SMILES string of the molecule is N#CCc1ccc(SCC(F)F)cc1. The van der Waals surface area contributed by atoms with Gasteiger partial charge in [0.15, 0.2) is 0 Å². The zero-order chi connectivity index (χ0) is 10.4. The van der Waals surface area contributed by atoms with Gasteiger partial charge in [0.25, 0.3) is 0 Å². The molecule has 0 saturated heterocycles. The average Bonchev–Trinajstić information content (AvgIpc) is 2.17. The molecule has 1 aromatic carbocycles. The highest BCUT2D eigenvalue weighted by Gasteiger charge is 2.03. The van der Waals surface area contributed by atoms with Gasteiger partial charge in [0.2, 0.25) is 6.43 Å². The van der Waals surface area contributed by atoms with Crippen molar-refractivity contribution in [3.05, 3.63) is 29.8 Å². The molecule has 0 spiro atoms. The molecule has 0 fully saturated rings. The standard InChI is InChI=1S/C10H9F2NS/c11-10(12)7-14-9-3-1-8(2-4-9)5-6-13/h1-4,10H,5,7H2. The molecule has 0 N–H and O–H groups in total. The topological polar surface area (TPSA) is 23.8 Å². The molecule has 0 aromatic heterocycles. The molecule has 0 amide bonds. The Morgan fingerprint density at radius 1 is 1.29 bits per heavy atom. The van der Waals surface area contributed by atoms with Crippen LogP contribution in [0.3, 0.4) is 0 Å². The van der Waals surface area contributed by atoms with E-state index in [-0.39, 0.29) is 5.75 Å². The summed E-state index contributed by atoms with van der Waals surface area (Å²) in [4.78, 5) is 0.812. The molecule has 0 heterocycles. The van der Waals surface area contributed by atoms with Crippen LogP contribution in [0, 0.1) is 11.3 Å². The normalized spacial score (nSPS) is 10.1. The Balaban J connectivity index is 2.52. The summed E-state index contributed by atoms with van der Waals surface area (Å²) < 4.78 is 23.7. The first kappa shape index (κ1) is 11.0. The van der Waals surface area contributed by atoms with E-state index in [9.17, 15) is 8.78 Å². The van der Waals surface area contributed by atoms with E-state index in [2.05, 4.69) is 0 Å². The second kappa shape index (κ2) is 5.61. The largest absolute Gasteiger partial charge is 0.247 e. The first-order valence-corrected chi connectivity index (χ1v) is 5.08. The van der Waals surface area contributed by atoms with Gasteiger partial charge in [-0.1, -0.05) is 12.1 Å². The lowest BCUT2D eigenvalue weighted by Gasteiger charge is -2.01. The Labute approximate surface area is 85.7 Å². The molecule has 74 valence electrons. The minimum Gasteiger partial charge on any atom is -0.210 e. The van der Waals surface area contributed by atoms with E-state index >= 15 is 0 Å². The second-order valence-corrected chi connectivity index (χ2v) is 3.77. The number of nitrogens with zero attached hydrogens (tertiary/aromatic N) is 1. The molecule has 0 unspecified atom stereocenters. The summed E-state index contributed by atoms with van der Waals surface area (Å²) >= 11 is 1.12. The van der Waals surface area contributed by atoms with Crippen molar-refractivity contribution >= 4 is 11.8 Å². The van der Waals surface area contributed by atoms with Gasteiger partial charge in [-0.2, -0.15) is 5.26 Å². The number of benzene rings is 1. The molecule has 0 aliphatic carbocycles. The van der Waals surface area contributed by atoms with Gasteiger partial charge in [-0.05, 0) is 17.7 Å². The Bertz CT molecular complexity index is 316. The summed E-state index contributed by atoms with van der Waals surface area (Å²) in [5.74, 6) is -0.183. The maximum absolute atomic E-state index is 11.9. The van der Waals surface area contributed by atoms with Crippen LogP contribution in [0.4, 0.5) is 8.78 Å². The summed E-state index contributed by atoms with van der Waals surface area (Å²) in [5.41, 5.74) is 0.911. The summed E-state index contributed by atoms with van der Waals surface area (Å²) in [6.45, 7) is 0. The van der Waals surface area contributed by atoms with Crippen molar-refractivity contribution in [1.29, 1.82) is 5.26 Å². The predicted molar refractivity (Wildman–Crippen MR) is 52.5 cm³/mol. The molecule has 1 aromatic rings. The molecule has 1 nitrogen and oxygen atoms in total. The Kier molecular flexibility index (Phi) is 4.41. The van der Waals surface area contributed by atoms with Crippen LogP contribution in [0.15, 0.2) is 29.2 Å². The fraction of sp³-hybridized carbons (Fsp3) is 0.300. The van der Waals surface area contributed by atoms with Gasteiger partial charge in [-0.25, -0.2) is 8.78 Å². The third-order valence-electron chi connectivity index (χ3n) is 1.58. The Morgan fingerprint density at radius 2 is 1.93 bits per heavy atom. The second-order valence-electron chi connectivity index (χ2n) is 2.68. The van der Waals surface area contributed by atoms with Gasteiger partial charge in [-0.15, -0.1) is 11.8 Å². The van der Waals surface area contributed by atoms with E-state index in [0.29, 0.717) is 6.42 Å². The van der Waals surface area contributed by atoms with Gasteiger partial charge in [-0.3, -0.25) is 0 Å². The summed E-state index contributed by atoms with van der Waals surface area (Å²) in [6, 6.07) is 9.13. The monoisotopic (exact) mass is 213 g/mol. The molecular weight excluding hydrogens is 204 g/mol. The number of nitriles is 1. The van der Waals surface area contributed by atoms with Crippen molar-refractivity contribution in [3.8, 4) is 6.07 Å². The summed E-state index contributed by atoms with van der Waals surface area (Å²) in [7, 11) is 0. The van der Waals surface area contributed by atoms with Crippen molar-refractivity contribution in [2.24, 2.45) is 0 Å². The van der Waals surface area contributed by atoms with E-state index in [0.717, 1.165) is 22.2 Å². The first-order chi connectivity index (χ1) is 6.72. The number of halogens is 2. The fourth-order valence-corrected chi connectivity index (χ4v) is 1.60. The number of hydrogen-bond acceptors (Lipinski definition) is 2. The van der Waals surface area contributed by atoms with Crippen LogP contribution < -0.4 is 0 Å². The van der Waals surface area contributed by atoms with Crippen molar-refractivity contribution in [1.82, 2.24) is 0 Å². The smallest absolute Gasteiger partial charge is 0.210 e. The molecule has 0 bridgehead atoms. The van der Waals surface area contributed by atoms with Gasteiger partial charge in [0.05, 0.1) is 18.2 Å². The zero-order valence-corrected chi connectivity index (χ0v) is 8.23. The molecule has 1 rings (SSSR count). The predicted octanol–water partition coefficient (Wildman–Crippen LogP) is 3.11. The lowest BCUT2D eigenvalue weighted by Crippen LogP contribution is -1.93. The van der Waals surface area contributed by atoms with Gasteiger partial charge < -0.3 is 0 Å². The van der Waals surface area contributed by atoms with E-state index in [1.807, 2.05) is 6.07 Å². The Morgan fingerprint density at radius 3 is 2.43 bits per heavy atom. The lowest BCUT2D eigenvalue weighted by molar-refractivity contribution is 0.177. The van der Waals surface area contributed by atoms with Crippen LogP contribution in [0.2, 0.25) is 0 Å². The van der Waals surface area contributed by atoms with Gasteiger partial charge in [0.1, 0.15) is 0 Å². The fourth-order valence-electron chi connectivity index (χ4n) is 0.954. The maximum Gasteiger partial charge on any atom is 0.247 e. The molecule has 0 radical (unpaired) electrons. The molecular formula is C10H9F2NS. The summed E-state index contributed by atoms with van der Waals surface area (Å²) in [5, 5.41) is 8.41. The zero-order valence-electron chi connectivity index (χ0n) is 7.41. The van der Waals surface area contributed by atoms with Gasteiger partial charge >= 0.3 is 0 Å². The minimum absolute atomic E-state index is 0.183. The van der Waals surface area contributed by atoms with Crippen molar-refractivity contribution in [2.75, 3.05) is 5.75 Å². The number of rotatable bonds is 4. The molecule has 0 saturated carbocycles. The van der Waals surface area contributed by atoms with Crippen LogP contribution in [0.25, 0.3) is 0 Å². The van der Waals surface area contributed by atoms with E-state index in [1.54, 1.807) is 24.3 Å². The molecule has 0 atom stereocenters. The van der Waals surface area contributed by atoms with Crippen molar-refractivity contribution in [3.63, 3.8) is 0 Å². The highest BCUT2D eigenvalue weighted by atomic mass is 32.2. The molecule has 4 heteroatoms. The number of thioether (sulfide) groups is 1. The van der Waals surface area contributed by atoms with E-state index < -0.39 is 6.43 Å². The average molecular weight is 213 g/mol. The van der Waals surface area contributed by atoms with E-state index in [1.165, 1.54) is 0 Å². The lowest BCUT2D eigenvalue weighted by atomic mass is 10.2. The quantitative estimate of drug-likeness (QED) is 0.717. The van der Waals surface area contributed by atoms with E-state index in [4.69, 9.17) is 5.26 Å². The minimum atomic E-state index is -2.28. The number of hydrogen-bond donors (Lipinski definition) is 0. The first-order valence-electron chi connectivity index (χ1n) is 4.09. The van der Waals surface area contributed by atoms with Crippen molar-refractivity contribution in [2.45, 2.75) is 17.7 Å². The van der Waals surface area contributed by atoms with Crippen LogP contribution >= 0.6 is 11.8 Å². The van der Waals surface area contributed by atoms with Crippen LogP contribution in [-0.2, 0) is 6.42 Å². The van der Waals surface area contributed by atoms with Gasteiger partial charge in [0, 0.05) is 4.90 Å². The molecule has 14 heavy (non-hydrogen) atoms. The van der Waals surface area contributed by atoms with Crippen LogP contribution in [0.5, 0.6) is 0 Å². The highest BCUT2D eigenvalue weighted by molar-refractivity contribution is 7.99. The highest BCUT2D eigenvalue weighted by Crippen LogP contribution is 2.20. The van der Waals surface area contributed by atoms with Crippen LogP contribution in [0.1, 0.15) is 5.56 Å². The van der Waals surface area contributed by atoms with Crippen LogP contribution in [-0.4, -0.2) is 12.2 Å². The number of alkyl halides is 2. The molecule has 0 aliphatic rings. The van der Waals surface area contributed by atoms with Crippen molar-refractivity contribution < 1.29 is 8.78 Å². The third-order valence-corrected chi connectivity index (χ3v) is 2.61. The summed E-state index contributed by atoms with van der Waals surface area (Å²) in [6.07, 6.45) is -1.92.